The second-order valence-corrected chi connectivity index (χ2v) is 17.1. The van der Waals surface area contributed by atoms with Gasteiger partial charge in [0.15, 0.2) is 6.10 Å². The lowest BCUT2D eigenvalue weighted by Gasteiger charge is -2.18. The summed E-state index contributed by atoms with van der Waals surface area (Å²) in [6.07, 6.45) is 55.5. The van der Waals surface area contributed by atoms with E-state index in [4.69, 9.17) is 14.2 Å². The maximum Gasteiger partial charge on any atom is 0.306 e. The molecule has 0 heterocycles. The normalized spacial score (nSPS) is 12.3. The van der Waals surface area contributed by atoms with Crippen molar-refractivity contribution >= 4 is 17.9 Å². The molecule has 59 heavy (non-hydrogen) atoms. The first kappa shape index (κ1) is 56.6. The maximum atomic E-state index is 12.7. The van der Waals surface area contributed by atoms with Crippen LogP contribution in [0.5, 0.6) is 0 Å². The quantitative estimate of drug-likeness (QED) is 0.0263. The molecule has 0 aromatic heterocycles. The Morgan fingerprint density at radius 2 is 0.661 bits per heavy atom. The van der Waals surface area contributed by atoms with Gasteiger partial charge in [-0.3, -0.25) is 14.4 Å². The van der Waals surface area contributed by atoms with E-state index in [2.05, 4.69) is 57.2 Å². The van der Waals surface area contributed by atoms with Gasteiger partial charge in [0.2, 0.25) is 0 Å². The van der Waals surface area contributed by atoms with Crippen LogP contribution in [0.1, 0.15) is 265 Å². The highest BCUT2D eigenvalue weighted by Crippen LogP contribution is 2.16. The molecule has 0 saturated carbocycles. The van der Waals surface area contributed by atoms with Crippen LogP contribution in [0.4, 0.5) is 0 Å². The van der Waals surface area contributed by atoms with Gasteiger partial charge in [-0.2, -0.15) is 0 Å². The van der Waals surface area contributed by atoms with E-state index in [0.717, 1.165) is 96.3 Å². The van der Waals surface area contributed by atoms with Crippen LogP contribution in [0.3, 0.4) is 0 Å². The molecule has 0 rings (SSSR count). The minimum absolute atomic E-state index is 0.0735. The number of hydrogen-bond donors (Lipinski definition) is 0. The molecule has 0 aliphatic rings. The molecule has 0 radical (unpaired) electrons. The number of carbonyl (C=O) groups is 3. The molecular formula is C53H96O6. The number of allylic oxidation sites excluding steroid dienone is 6. The SMILES string of the molecule is CC/C=C\C/C=C\C/C=C\CCCCCCCC(=O)OC[C@H](COC(=O)CCCCCCCCCCCCCCCCC)OC(=O)CCCCCCCCCCCCC. The van der Waals surface area contributed by atoms with Crippen molar-refractivity contribution in [3.63, 3.8) is 0 Å². The van der Waals surface area contributed by atoms with Crippen LogP contribution in [0.2, 0.25) is 0 Å². The summed E-state index contributed by atoms with van der Waals surface area (Å²) in [6, 6.07) is 0. The Hall–Kier alpha value is -2.37. The van der Waals surface area contributed by atoms with Gasteiger partial charge in [0.1, 0.15) is 13.2 Å². The average molecular weight is 829 g/mol. The monoisotopic (exact) mass is 829 g/mol. The van der Waals surface area contributed by atoms with Gasteiger partial charge in [0, 0.05) is 19.3 Å². The van der Waals surface area contributed by atoms with Crippen LogP contribution in [0, 0.1) is 0 Å². The van der Waals surface area contributed by atoms with Gasteiger partial charge in [0.25, 0.3) is 0 Å². The van der Waals surface area contributed by atoms with Crippen molar-refractivity contribution in [3.8, 4) is 0 Å². The van der Waals surface area contributed by atoms with E-state index in [1.54, 1.807) is 0 Å². The van der Waals surface area contributed by atoms with Crippen molar-refractivity contribution in [2.45, 2.75) is 271 Å². The molecule has 344 valence electrons. The van der Waals surface area contributed by atoms with Crippen molar-refractivity contribution in [2.24, 2.45) is 0 Å². The smallest absolute Gasteiger partial charge is 0.306 e. The Morgan fingerprint density at radius 1 is 0.356 bits per heavy atom. The minimum atomic E-state index is -0.773. The van der Waals surface area contributed by atoms with E-state index in [-0.39, 0.29) is 31.1 Å². The molecule has 0 spiro atoms. The third kappa shape index (κ3) is 46.5. The van der Waals surface area contributed by atoms with E-state index >= 15 is 0 Å². The Labute approximate surface area is 365 Å². The molecule has 0 saturated heterocycles. The molecule has 0 N–H and O–H groups in total. The van der Waals surface area contributed by atoms with E-state index in [1.807, 2.05) is 0 Å². The third-order valence-electron chi connectivity index (χ3n) is 11.2. The van der Waals surface area contributed by atoms with Gasteiger partial charge < -0.3 is 14.2 Å². The molecule has 0 unspecified atom stereocenters. The van der Waals surface area contributed by atoms with Gasteiger partial charge in [-0.1, -0.05) is 231 Å². The van der Waals surface area contributed by atoms with E-state index in [1.165, 1.54) is 128 Å². The van der Waals surface area contributed by atoms with Crippen LogP contribution >= 0.6 is 0 Å². The molecule has 6 heteroatoms. The van der Waals surface area contributed by atoms with Crippen LogP contribution in [-0.2, 0) is 28.6 Å². The number of esters is 3. The van der Waals surface area contributed by atoms with Crippen molar-refractivity contribution < 1.29 is 28.6 Å². The van der Waals surface area contributed by atoms with Gasteiger partial charge in [-0.05, 0) is 51.4 Å². The fourth-order valence-corrected chi connectivity index (χ4v) is 7.34. The Balaban J connectivity index is 4.34. The van der Waals surface area contributed by atoms with E-state index < -0.39 is 6.10 Å². The molecule has 0 amide bonds. The highest BCUT2D eigenvalue weighted by molar-refractivity contribution is 5.71. The van der Waals surface area contributed by atoms with E-state index in [0.29, 0.717) is 19.3 Å². The zero-order chi connectivity index (χ0) is 43.0. The lowest BCUT2D eigenvalue weighted by molar-refractivity contribution is -0.167. The minimum Gasteiger partial charge on any atom is -0.462 e. The largest absolute Gasteiger partial charge is 0.462 e. The molecule has 1 atom stereocenters. The zero-order valence-corrected chi connectivity index (χ0v) is 39.3. The van der Waals surface area contributed by atoms with Gasteiger partial charge in [-0.25, -0.2) is 0 Å². The molecule has 0 bridgehead atoms. The second kappa shape index (κ2) is 48.3. The lowest BCUT2D eigenvalue weighted by atomic mass is 10.0. The molecule has 6 nitrogen and oxygen atoms in total. The topological polar surface area (TPSA) is 78.9 Å². The third-order valence-corrected chi connectivity index (χ3v) is 11.2. The Bertz CT molecular complexity index is 1000. The van der Waals surface area contributed by atoms with Gasteiger partial charge in [0.05, 0.1) is 0 Å². The molecule has 0 aliphatic heterocycles. The summed E-state index contributed by atoms with van der Waals surface area (Å²) in [4.78, 5) is 37.9. The molecule has 0 fully saturated rings. The van der Waals surface area contributed by atoms with Crippen LogP contribution in [-0.4, -0.2) is 37.2 Å². The summed E-state index contributed by atoms with van der Waals surface area (Å²) < 4.78 is 16.8. The van der Waals surface area contributed by atoms with Crippen LogP contribution in [0.15, 0.2) is 36.5 Å². The summed E-state index contributed by atoms with van der Waals surface area (Å²) in [6.45, 7) is 6.53. The van der Waals surface area contributed by atoms with Crippen LogP contribution in [0.25, 0.3) is 0 Å². The predicted molar refractivity (Wildman–Crippen MR) is 252 cm³/mol. The Morgan fingerprint density at radius 3 is 1.03 bits per heavy atom. The fraction of sp³-hybridized carbons (Fsp3) is 0.830. The average Bonchev–Trinajstić information content (AvgIpc) is 3.23. The van der Waals surface area contributed by atoms with Crippen molar-refractivity contribution in [2.75, 3.05) is 13.2 Å². The first-order valence-corrected chi connectivity index (χ1v) is 25.5. The summed E-state index contributed by atoms with van der Waals surface area (Å²) >= 11 is 0. The van der Waals surface area contributed by atoms with Crippen molar-refractivity contribution in [3.05, 3.63) is 36.5 Å². The molecular weight excluding hydrogens is 733 g/mol. The lowest BCUT2D eigenvalue weighted by Crippen LogP contribution is -2.30. The molecule has 0 aromatic carbocycles. The number of rotatable bonds is 46. The first-order valence-electron chi connectivity index (χ1n) is 25.5. The first-order chi connectivity index (χ1) is 29.0. The predicted octanol–water partition coefficient (Wildman–Crippen LogP) is 16.5. The summed E-state index contributed by atoms with van der Waals surface area (Å²) in [5.74, 6) is -0.881. The standard InChI is InChI=1S/C53H96O6/c1-4-7-10-13-16-19-22-24-26-28-31-33-36-39-42-45-51(54)57-48-50(59-53(56)47-44-41-38-35-30-21-18-15-12-9-6-3)49-58-52(55)46-43-40-37-34-32-29-27-25-23-20-17-14-11-8-5-2/h7,10,16,19,24,26,50H,4-6,8-9,11-15,17-18,20-23,25,27-49H2,1-3H3/b10-7-,19-16-,26-24-/t50-/m1/s1. The summed E-state index contributed by atoms with van der Waals surface area (Å²) in [5, 5.41) is 0. The zero-order valence-electron chi connectivity index (χ0n) is 39.3. The van der Waals surface area contributed by atoms with Gasteiger partial charge >= 0.3 is 17.9 Å². The Kier molecular flexibility index (Phi) is 46.4. The second-order valence-electron chi connectivity index (χ2n) is 17.1. The molecule has 0 aliphatic carbocycles. The summed E-state index contributed by atoms with van der Waals surface area (Å²) in [7, 11) is 0. The highest BCUT2D eigenvalue weighted by Gasteiger charge is 2.19. The fourth-order valence-electron chi connectivity index (χ4n) is 7.34. The van der Waals surface area contributed by atoms with Crippen molar-refractivity contribution in [1.29, 1.82) is 0 Å². The number of hydrogen-bond acceptors (Lipinski definition) is 6. The van der Waals surface area contributed by atoms with Crippen LogP contribution < -0.4 is 0 Å². The molecule has 0 aromatic rings. The maximum absolute atomic E-state index is 12.7. The number of unbranched alkanes of at least 4 members (excludes halogenated alkanes) is 29. The van der Waals surface area contributed by atoms with Crippen molar-refractivity contribution in [1.82, 2.24) is 0 Å². The highest BCUT2D eigenvalue weighted by atomic mass is 16.6. The summed E-state index contributed by atoms with van der Waals surface area (Å²) in [5.41, 5.74) is 0. The van der Waals surface area contributed by atoms with Gasteiger partial charge in [-0.15, -0.1) is 0 Å². The number of ether oxygens (including phenoxy) is 3. The number of carbonyl (C=O) groups excluding carboxylic acids is 3. The van der Waals surface area contributed by atoms with E-state index in [9.17, 15) is 14.4 Å².